The minimum absolute atomic E-state index is 0.0404. The second-order valence-corrected chi connectivity index (χ2v) is 3.79. The smallest absolute Gasteiger partial charge is 0.360 e. The Balaban J connectivity index is 2.54. The van der Waals surface area contributed by atoms with Gasteiger partial charge in [0.05, 0.1) is 0 Å². The zero-order valence-electron chi connectivity index (χ0n) is 8.99. The molecular formula is C11H5F6NO. The van der Waals surface area contributed by atoms with Crippen molar-refractivity contribution < 1.29 is 31.1 Å². The number of hydrogen-bond donors (Lipinski definition) is 1. The van der Waals surface area contributed by atoms with Crippen LogP contribution >= 0.6 is 0 Å². The van der Waals surface area contributed by atoms with E-state index in [-0.39, 0.29) is 10.9 Å². The lowest BCUT2D eigenvalue weighted by molar-refractivity contribution is -0.255. The van der Waals surface area contributed by atoms with E-state index in [4.69, 9.17) is 0 Å². The quantitative estimate of drug-likeness (QED) is 0.661. The summed E-state index contributed by atoms with van der Waals surface area (Å²) in [5, 5.41) is -0.199. The van der Waals surface area contributed by atoms with E-state index in [1.165, 1.54) is 0 Å². The van der Waals surface area contributed by atoms with Gasteiger partial charge in [0.1, 0.15) is 5.82 Å². The molecule has 0 aliphatic carbocycles. The molecule has 1 heterocycles. The molecule has 0 saturated carbocycles. The normalized spacial score (nSPS) is 12.9. The molecule has 0 unspecified atom stereocenters. The molecule has 2 nitrogen and oxygen atoms in total. The fourth-order valence-corrected chi connectivity index (χ4v) is 1.58. The molecular weight excluding hydrogens is 276 g/mol. The Morgan fingerprint density at radius 1 is 1.11 bits per heavy atom. The van der Waals surface area contributed by atoms with E-state index < -0.39 is 29.3 Å². The van der Waals surface area contributed by atoms with Gasteiger partial charge in [0.15, 0.2) is 0 Å². The van der Waals surface area contributed by atoms with Crippen molar-refractivity contribution >= 4 is 16.7 Å². The van der Waals surface area contributed by atoms with Gasteiger partial charge in [-0.2, -0.15) is 22.0 Å². The van der Waals surface area contributed by atoms with Crippen LogP contribution in [-0.2, 0) is 0 Å². The summed E-state index contributed by atoms with van der Waals surface area (Å²) >= 11 is 0. The van der Waals surface area contributed by atoms with Crippen molar-refractivity contribution in [3.8, 4) is 0 Å². The molecule has 1 aromatic heterocycles. The van der Waals surface area contributed by atoms with Crippen molar-refractivity contribution in [2.75, 3.05) is 0 Å². The van der Waals surface area contributed by atoms with Gasteiger partial charge in [-0.1, -0.05) is 0 Å². The summed E-state index contributed by atoms with van der Waals surface area (Å²) in [6.07, 6.45) is -5.28. The maximum absolute atomic E-state index is 12.9. The maximum atomic E-state index is 12.9. The molecule has 2 aromatic rings. The lowest BCUT2D eigenvalue weighted by Crippen LogP contribution is -2.44. The molecule has 0 aliphatic rings. The Kier molecular flexibility index (Phi) is 2.83. The number of carbonyl (C=O) groups excluding carboxylic acids is 1. The fraction of sp³-hybridized carbons (Fsp3) is 0.182. The van der Waals surface area contributed by atoms with Gasteiger partial charge in [-0.15, -0.1) is 0 Å². The molecule has 0 fully saturated rings. The standard InChI is InChI=1S/C11H5F6NO/c12-5-1-2-6-7(4-18-8(6)3-5)9(19)10(13,14)11(15,16)17/h1-4,18H. The largest absolute Gasteiger partial charge is 0.461 e. The molecule has 0 amide bonds. The van der Waals surface area contributed by atoms with Gasteiger partial charge in [-0.3, -0.25) is 4.79 Å². The number of nitrogens with one attached hydrogen (secondary N) is 1. The number of carbonyl (C=O) groups is 1. The van der Waals surface area contributed by atoms with Crippen molar-refractivity contribution in [2.24, 2.45) is 0 Å². The molecule has 1 aromatic carbocycles. The van der Waals surface area contributed by atoms with Crippen LogP contribution < -0.4 is 0 Å². The summed E-state index contributed by atoms with van der Waals surface area (Å²) in [6.45, 7) is 0. The monoisotopic (exact) mass is 281 g/mol. The van der Waals surface area contributed by atoms with Crippen LogP contribution in [-0.4, -0.2) is 22.9 Å². The van der Waals surface area contributed by atoms with Gasteiger partial charge >= 0.3 is 12.1 Å². The van der Waals surface area contributed by atoms with Crippen LogP contribution in [0, 0.1) is 5.82 Å². The number of H-pyrrole nitrogens is 1. The van der Waals surface area contributed by atoms with E-state index in [1.807, 2.05) is 0 Å². The van der Waals surface area contributed by atoms with E-state index in [0.717, 1.165) is 18.2 Å². The van der Waals surface area contributed by atoms with Crippen LogP contribution in [0.3, 0.4) is 0 Å². The van der Waals surface area contributed by atoms with E-state index in [0.29, 0.717) is 6.20 Å². The minimum atomic E-state index is -5.98. The van der Waals surface area contributed by atoms with E-state index in [1.54, 1.807) is 0 Å². The highest BCUT2D eigenvalue weighted by molar-refractivity contribution is 6.11. The molecule has 0 bridgehead atoms. The number of rotatable bonds is 2. The van der Waals surface area contributed by atoms with Crippen LogP contribution in [0.15, 0.2) is 24.4 Å². The minimum Gasteiger partial charge on any atom is -0.360 e. The highest BCUT2D eigenvalue weighted by Gasteiger charge is 2.63. The molecule has 8 heteroatoms. The zero-order chi connectivity index (χ0) is 14.4. The van der Waals surface area contributed by atoms with Gasteiger partial charge < -0.3 is 4.98 Å². The number of aromatic nitrogens is 1. The van der Waals surface area contributed by atoms with Crippen LogP contribution in [0.4, 0.5) is 26.3 Å². The zero-order valence-corrected chi connectivity index (χ0v) is 8.99. The molecule has 0 spiro atoms. The first-order valence-corrected chi connectivity index (χ1v) is 4.90. The number of fused-ring (bicyclic) bond motifs is 1. The predicted molar refractivity (Wildman–Crippen MR) is 53.6 cm³/mol. The SMILES string of the molecule is O=C(c1c[nH]c2cc(F)ccc12)C(F)(F)C(F)(F)F. The second kappa shape index (κ2) is 4.01. The van der Waals surface area contributed by atoms with E-state index in [2.05, 4.69) is 4.98 Å². The molecule has 1 N–H and O–H groups in total. The number of benzene rings is 1. The lowest BCUT2D eigenvalue weighted by atomic mass is 10.0. The molecule has 2 rings (SSSR count). The van der Waals surface area contributed by atoms with Gasteiger partial charge in [-0.25, -0.2) is 4.39 Å². The highest BCUT2D eigenvalue weighted by atomic mass is 19.4. The van der Waals surface area contributed by atoms with Crippen LogP contribution in [0.25, 0.3) is 10.9 Å². The summed E-state index contributed by atoms with van der Waals surface area (Å²) in [4.78, 5) is 13.6. The molecule has 19 heavy (non-hydrogen) atoms. The summed E-state index contributed by atoms with van der Waals surface area (Å²) in [5.74, 6) is -8.58. The first kappa shape index (κ1) is 13.4. The first-order valence-electron chi connectivity index (χ1n) is 4.90. The van der Waals surface area contributed by atoms with E-state index in [9.17, 15) is 31.1 Å². The van der Waals surface area contributed by atoms with Gasteiger partial charge in [-0.05, 0) is 18.2 Å². The molecule has 0 atom stereocenters. The van der Waals surface area contributed by atoms with Crippen LogP contribution in [0.2, 0.25) is 0 Å². The van der Waals surface area contributed by atoms with Crippen molar-refractivity contribution in [1.82, 2.24) is 4.98 Å². The Labute approximate surface area is 102 Å². The summed E-state index contributed by atoms with van der Waals surface area (Å²) < 4.78 is 75.0. The third kappa shape index (κ3) is 2.06. The number of halogens is 6. The third-order valence-electron chi connectivity index (χ3n) is 2.53. The summed E-state index contributed by atoms with van der Waals surface area (Å²) in [6, 6.07) is 2.71. The highest BCUT2D eigenvalue weighted by Crippen LogP contribution is 2.39. The van der Waals surface area contributed by atoms with Crippen LogP contribution in [0.1, 0.15) is 10.4 Å². The van der Waals surface area contributed by atoms with Gasteiger partial charge in [0.2, 0.25) is 5.78 Å². The number of hydrogen-bond acceptors (Lipinski definition) is 1. The Hall–Kier alpha value is -1.99. The van der Waals surface area contributed by atoms with E-state index >= 15 is 0 Å². The number of ketones is 1. The number of Topliss-reactive ketones (excluding diaryl/α,β-unsaturated/α-hetero) is 1. The first-order chi connectivity index (χ1) is 8.64. The second-order valence-electron chi connectivity index (χ2n) is 3.79. The maximum Gasteiger partial charge on any atom is 0.461 e. The molecule has 0 radical (unpaired) electrons. The van der Waals surface area contributed by atoms with Crippen molar-refractivity contribution in [3.63, 3.8) is 0 Å². The number of aromatic amines is 1. The Morgan fingerprint density at radius 2 is 1.74 bits per heavy atom. The van der Waals surface area contributed by atoms with Gasteiger partial charge in [0, 0.05) is 22.7 Å². The lowest BCUT2D eigenvalue weighted by Gasteiger charge is -2.17. The molecule has 102 valence electrons. The Morgan fingerprint density at radius 3 is 2.32 bits per heavy atom. The van der Waals surface area contributed by atoms with Crippen molar-refractivity contribution in [1.29, 1.82) is 0 Å². The summed E-state index contributed by atoms with van der Waals surface area (Å²) in [5.41, 5.74) is -0.876. The third-order valence-corrected chi connectivity index (χ3v) is 2.53. The molecule has 0 aliphatic heterocycles. The average Bonchev–Trinajstić information content (AvgIpc) is 2.69. The average molecular weight is 281 g/mol. The van der Waals surface area contributed by atoms with Crippen LogP contribution in [0.5, 0.6) is 0 Å². The Bertz CT molecular complexity index is 642. The number of alkyl halides is 5. The topological polar surface area (TPSA) is 32.9 Å². The van der Waals surface area contributed by atoms with Crippen molar-refractivity contribution in [2.45, 2.75) is 12.1 Å². The van der Waals surface area contributed by atoms with Crippen molar-refractivity contribution in [3.05, 3.63) is 35.8 Å². The predicted octanol–water partition coefficient (Wildman–Crippen LogP) is 3.69. The van der Waals surface area contributed by atoms with Gasteiger partial charge in [0.25, 0.3) is 0 Å². The molecule has 0 saturated heterocycles. The summed E-state index contributed by atoms with van der Waals surface area (Å²) in [7, 11) is 0. The fourth-order valence-electron chi connectivity index (χ4n) is 1.58.